The number of H-pyrrole nitrogens is 1. The molecule has 0 fully saturated rings. The number of nitrogens with zero attached hydrogens (tertiary/aromatic N) is 2. The number of para-hydroxylation sites is 1. The number of carbonyl (C=O) groups is 2. The van der Waals surface area contributed by atoms with Crippen molar-refractivity contribution in [2.24, 2.45) is 7.05 Å². The predicted molar refractivity (Wildman–Crippen MR) is 119 cm³/mol. The lowest BCUT2D eigenvalue weighted by atomic mass is 10.2. The SMILES string of the molecule is Cn1c(=O)c(C(=O)COC(=O)c2cc3ccccc3[nH]2)c(N)n(Cc2ccccc2)c1=O. The molecule has 2 aromatic carbocycles. The van der Waals surface area contributed by atoms with Crippen molar-refractivity contribution in [3.05, 3.63) is 98.3 Å². The van der Waals surface area contributed by atoms with E-state index >= 15 is 0 Å². The van der Waals surface area contributed by atoms with Crippen LogP contribution in [0, 0.1) is 0 Å². The van der Waals surface area contributed by atoms with Crippen LogP contribution in [0.15, 0.2) is 70.3 Å². The van der Waals surface area contributed by atoms with Gasteiger partial charge in [0.15, 0.2) is 6.61 Å². The van der Waals surface area contributed by atoms with Crippen LogP contribution in [0.5, 0.6) is 0 Å². The minimum absolute atomic E-state index is 0.0781. The van der Waals surface area contributed by atoms with Crippen LogP contribution in [-0.4, -0.2) is 32.5 Å². The summed E-state index contributed by atoms with van der Waals surface area (Å²) >= 11 is 0. The van der Waals surface area contributed by atoms with Gasteiger partial charge in [-0.15, -0.1) is 0 Å². The predicted octanol–water partition coefficient (Wildman–Crippen LogP) is 1.70. The van der Waals surface area contributed by atoms with Crippen molar-refractivity contribution in [3.8, 4) is 0 Å². The molecule has 162 valence electrons. The van der Waals surface area contributed by atoms with Gasteiger partial charge in [0.25, 0.3) is 5.56 Å². The Balaban J connectivity index is 1.59. The molecule has 0 amide bonds. The molecule has 9 nitrogen and oxygen atoms in total. The first-order chi connectivity index (χ1) is 15.4. The highest BCUT2D eigenvalue weighted by Gasteiger charge is 2.23. The fourth-order valence-electron chi connectivity index (χ4n) is 3.43. The third kappa shape index (κ3) is 3.83. The summed E-state index contributed by atoms with van der Waals surface area (Å²) in [5.41, 5.74) is 5.85. The van der Waals surface area contributed by atoms with Crippen molar-refractivity contribution in [2.45, 2.75) is 6.54 Å². The Morgan fingerprint density at radius 2 is 1.72 bits per heavy atom. The molecule has 0 saturated carbocycles. The normalized spacial score (nSPS) is 10.9. The van der Waals surface area contributed by atoms with E-state index in [1.807, 2.05) is 24.3 Å². The molecule has 4 aromatic rings. The lowest BCUT2D eigenvalue weighted by Gasteiger charge is -2.14. The molecular formula is C23H20N4O5. The van der Waals surface area contributed by atoms with Gasteiger partial charge in [-0.1, -0.05) is 48.5 Å². The summed E-state index contributed by atoms with van der Waals surface area (Å²) in [7, 11) is 1.26. The van der Waals surface area contributed by atoms with Crippen LogP contribution in [0.4, 0.5) is 5.82 Å². The van der Waals surface area contributed by atoms with Crippen LogP contribution in [0.1, 0.15) is 26.4 Å². The lowest BCUT2D eigenvalue weighted by molar-refractivity contribution is 0.0469. The second kappa shape index (κ2) is 8.38. The largest absolute Gasteiger partial charge is 0.453 e. The average molecular weight is 432 g/mol. The molecule has 0 aliphatic rings. The quantitative estimate of drug-likeness (QED) is 0.352. The number of nitrogen functional groups attached to an aromatic ring is 1. The fourth-order valence-corrected chi connectivity index (χ4v) is 3.43. The molecule has 4 rings (SSSR count). The molecule has 0 radical (unpaired) electrons. The Hall–Kier alpha value is -4.40. The number of rotatable bonds is 6. The monoisotopic (exact) mass is 432 g/mol. The number of Topliss-reactive ketones (excluding diaryl/α,β-unsaturated/α-hetero) is 1. The third-order valence-electron chi connectivity index (χ3n) is 5.13. The molecule has 0 unspecified atom stereocenters. The van der Waals surface area contributed by atoms with Gasteiger partial charge >= 0.3 is 11.7 Å². The van der Waals surface area contributed by atoms with Crippen LogP contribution in [0.3, 0.4) is 0 Å². The van der Waals surface area contributed by atoms with Crippen molar-refractivity contribution in [1.82, 2.24) is 14.1 Å². The van der Waals surface area contributed by atoms with Gasteiger partial charge in [-0.05, 0) is 17.7 Å². The molecule has 0 bridgehead atoms. The number of aromatic nitrogens is 3. The van der Waals surface area contributed by atoms with Gasteiger partial charge in [-0.3, -0.25) is 18.7 Å². The Morgan fingerprint density at radius 3 is 2.44 bits per heavy atom. The maximum Gasteiger partial charge on any atom is 0.355 e. The number of aromatic amines is 1. The highest BCUT2D eigenvalue weighted by atomic mass is 16.5. The maximum absolute atomic E-state index is 12.8. The summed E-state index contributed by atoms with van der Waals surface area (Å²) in [5, 5.41) is 0.817. The zero-order valence-corrected chi connectivity index (χ0v) is 17.2. The number of anilines is 1. The van der Waals surface area contributed by atoms with Gasteiger partial charge in [0.1, 0.15) is 17.1 Å². The first kappa shape index (κ1) is 20.9. The van der Waals surface area contributed by atoms with Gasteiger partial charge in [0.2, 0.25) is 5.78 Å². The second-order valence-electron chi connectivity index (χ2n) is 7.25. The van der Waals surface area contributed by atoms with Crippen molar-refractivity contribution in [2.75, 3.05) is 12.3 Å². The summed E-state index contributed by atoms with van der Waals surface area (Å²) < 4.78 is 7.06. The number of nitrogens with two attached hydrogens (primary N) is 1. The van der Waals surface area contributed by atoms with Crippen LogP contribution < -0.4 is 17.0 Å². The highest BCUT2D eigenvalue weighted by Crippen LogP contribution is 2.16. The zero-order valence-electron chi connectivity index (χ0n) is 17.2. The first-order valence-electron chi connectivity index (χ1n) is 9.78. The summed E-state index contributed by atoms with van der Waals surface area (Å²) in [5.74, 6) is -1.81. The zero-order chi connectivity index (χ0) is 22.8. The van der Waals surface area contributed by atoms with Crippen molar-refractivity contribution in [1.29, 1.82) is 0 Å². The minimum atomic E-state index is -0.844. The van der Waals surface area contributed by atoms with Crippen LogP contribution in [-0.2, 0) is 18.3 Å². The van der Waals surface area contributed by atoms with E-state index in [-0.39, 0.29) is 18.1 Å². The van der Waals surface area contributed by atoms with Gasteiger partial charge in [0.05, 0.1) is 6.54 Å². The molecule has 32 heavy (non-hydrogen) atoms. The van der Waals surface area contributed by atoms with Gasteiger partial charge < -0.3 is 15.5 Å². The summed E-state index contributed by atoms with van der Waals surface area (Å²) in [4.78, 5) is 53.2. The molecule has 2 aromatic heterocycles. The first-order valence-corrected chi connectivity index (χ1v) is 9.78. The minimum Gasteiger partial charge on any atom is -0.453 e. The number of hydrogen-bond acceptors (Lipinski definition) is 6. The van der Waals surface area contributed by atoms with Gasteiger partial charge in [0, 0.05) is 18.0 Å². The second-order valence-corrected chi connectivity index (χ2v) is 7.25. The molecule has 0 aliphatic heterocycles. The van der Waals surface area contributed by atoms with Crippen molar-refractivity contribution in [3.63, 3.8) is 0 Å². The number of fused-ring (bicyclic) bond motifs is 1. The summed E-state index contributed by atoms with van der Waals surface area (Å²) in [6, 6.07) is 17.9. The molecule has 0 spiro atoms. The van der Waals surface area contributed by atoms with E-state index in [9.17, 15) is 19.2 Å². The number of ether oxygens (including phenoxy) is 1. The van der Waals surface area contributed by atoms with Crippen LogP contribution in [0.25, 0.3) is 10.9 Å². The van der Waals surface area contributed by atoms with E-state index in [0.717, 1.165) is 25.6 Å². The standard InChI is InChI=1S/C23H20N4O5/c1-26-21(29)19(20(24)27(23(26)31)12-14-7-3-2-4-8-14)18(28)13-32-22(30)17-11-15-9-5-6-10-16(15)25-17/h2-11,25H,12-13,24H2,1H3. The highest BCUT2D eigenvalue weighted by molar-refractivity contribution is 6.02. The Morgan fingerprint density at radius 1 is 1.03 bits per heavy atom. The van der Waals surface area contributed by atoms with E-state index in [2.05, 4.69) is 4.98 Å². The Labute approximate surface area is 181 Å². The average Bonchev–Trinajstić information content (AvgIpc) is 3.24. The molecule has 3 N–H and O–H groups in total. The van der Waals surface area contributed by atoms with E-state index in [1.165, 1.54) is 7.05 Å². The summed E-state index contributed by atoms with van der Waals surface area (Å²) in [6.07, 6.45) is 0. The number of ketones is 1. The number of hydrogen-bond donors (Lipinski definition) is 2. The maximum atomic E-state index is 12.8. The van der Waals surface area contributed by atoms with Gasteiger partial charge in [-0.2, -0.15) is 0 Å². The van der Waals surface area contributed by atoms with E-state index < -0.39 is 35.2 Å². The van der Waals surface area contributed by atoms with E-state index in [4.69, 9.17) is 10.5 Å². The Kier molecular flexibility index (Phi) is 5.46. The smallest absolute Gasteiger partial charge is 0.355 e. The number of esters is 1. The van der Waals surface area contributed by atoms with E-state index in [0.29, 0.717) is 0 Å². The topological polar surface area (TPSA) is 129 Å². The molecule has 2 heterocycles. The Bertz CT molecular complexity index is 1410. The van der Waals surface area contributed by atoms with Crippen LogP contribution >= 0.6 is 0 Å². The van der Waals surface area contributed by atoms with E-state index in [1.54, 1.807) is 36.4 Å². The third-order valence-corrected chi connectivity index (χ3v) is 5.13. The number of benzene rings is 2. The van der Waals surface area contributed by atoms with Crippen LogP contribution in [0.2, 0.25) is 0 Å². The molecular weight excluding hydrogens is 412 g/mol. The van der Waals surface area contributed by atoms with Crippen molar-refractivity contribution >= 4 is 28.5 Å². The molecule has 0 saturated heterocycles. The number of nitrogens with one attached hydrogen (secondary N) is 1. The molecule has 0 atom stereocenters. The molecule has 0 aliphatic carbocycles. The summed E-state index contributed by atoms with van der Waals surface area (Å²) in [6.45, 7) is -0.619. The van der Waals surface area contributed by atoms with Crippen molar-refractivity contribution < 1.29 is 14.3 Å². The van der Waals surface area contributed by atoms with Gasteiger partial charge in [-0.25, -0.2) is 9.59 Å². The molecule has 9 heteroatoms. The lowest BCUT2D eigenvalue weighted by Crippen LogP contribution is -2.43. The number of carbonyl (C=O) groups excluding carboxylic acids is 2. The fraction of sp³-hybridized carbons (Fsp3) is 0.130.